The van der Waals surface area contributed by atoms with Gasteiger partial charge >= 0.3 is 6.36 Å². The highest BCUT2D eigenvalue weighted by Crippen LogP contribution is 2.26. The van der Waals surface area contributed by atoms with E-state index in [-0.39, 0.29) is 42.5 Å². The lowest BCUT2D eigenvalue weighted by Crippen LogP contribution is -2.51. The van der Waals surface area contributed by atoms with Crippen LogP contribution in [0, 0.1) is 0 Å². The van der Waals surface area contributed by atoms with Crippen molar-refractivity contribution in [3.05, 3.63) is 29.8 Å². The molecule has 1 amide bonds. The molecule has 0 saturated carbocycles. The number of amides is 1. The van der Waals surface area contributed by atoms with Crippen molar-refractivity contribution in [2.75, 3.05) is 32.7 Å². The highest BCUT2D eigenvalue weighted by Gasteiger charge is 2.32. The first-order valence-corrected chi connectivity index (χ1v) is 10.4. The van der Waals surface area contributed by atoms with Gasteiger partial charge in [-0.2, -0.15) is 0 Å². The number of hydrogen-bond acceptors (Lipinski definition) is 5. The Balaban J connectivity index is 1.50. The van der Waals surface area contributed by atoms with Gasteiger partial charge in [-0.15, -0.1) is 13.2 Å². The molecule has 3 atom stereocenters. The summed E-state index contributed by atoms with van der Waals surface area (Å²) >= 11 is 0. The molecule has 2 aliphatic heterocycles. The van der Waals surface area contributed by atoms with E-state index in [4.69, 9.17) is 4.74 Å². The van der Waals surface area contributed by atoms with Crippen molar-refractivity contribution in [1.82, 2.24) is 15.1 Å². The van der Waals surface area contributed by atoms with Crippen LogP contribution in [-0.4, -0.2) is 73.0 Å². The zero-order valence-electron chi connectivity index (χ0n) is 17.5. The molecule has 1 aromatic rings. The number of ether oxygens (including phenoxy) is 2. The van der Waals surface area contributed by atoms with E-state index in [1.54, 1.807) is 6.07 Å². The van der Waals surface area contributed by atoms with E-state index >= 15 is 0 Å². The highest BCUT2D eigenvalue weighted by atomic mass is 19.4. The number of alkyl halides is 3. The number of morpholine rings is 1. The van der Waals surface area contributed by atoms with Crippen molar-refractivity contribution in [3.8, 4) is 5.75 Å². The van der Waals surface area contributed by atoms with Crippen molar-refractivity contribution >= 4 is 5.91 Å². The Labute approximate surface area is 175 Å². The number of carbonyl (C=O) groups excluding carboxylic acids is 1. The van der Waals surface area contributed by atoms with Crippen LogP contribution in [-0.2, 0) is 16.1 Å². The first-order valence-electron chi connectivity index (χ1n) is 10.4. The lowest BCUT2D eigenvalue weighted by molar-refractivity contribution is -0.274. The second-order valence-corrected chi connectivity index (χ2v) is 8.17. The Bertz CT molecular complexity index is 706. The van der Waals surface area contributed by atoms with Gasteiger partial charge in [-0.25, -0.2) is 0 Å². The van der Waals surface area contributed by atoms with E-state index in [2.05, 4.69) is 33.7 Å². The number of nitrogens with zero attached hydrogens (tertiary/aromatic N) is 2. The number of benzene rings is 1. The normalized spacial score (nSPS) is 26.0. The Morgan fingerprint density at radius 1 is 1.23 bits per heavy atom. The van der Waals surface area contributed by atoms with Crippen LogP contribution in [0.3, 0.4) is 0 Å². The molecule has 3 rings (SSSR count). The summed E-state index contributed by atoms with van der Waals surface area (Å²) in [7, 11) is 0. The zero-order valence-corrected chi connectivity index (χ0v) is 17.5. The molecule has 0 aliphatic carbocycles. The molecule has 6 nitrogen and oxygen atoms in total. The Morgan fingerprint density at radius 3 is 2.63 bits per heavy atom. The molecule has 2 saturated heterocycles. The minimum atomic E-state index is -4.77. The van der Waals surface area contributed by atoms with Crippen LogP contribution in [0.15, 0.2) is 24.3 Å². The number of carbonyl (C=O) groups is 1. The molecule has 30 heavy (non-hydrogen) atoms. The van der Waals surface area contributed by atoms with Gasteiger partial charge in [0.1, 0.15) is 5.75 Å². The quantitative estimate of drug-likeness (QED) is 0.723. The van der Waals surface area contributed by atoms with Crippen LogP contribution >= 0.6 is 0 Å². The summed E-state index contributed by atoms with van der Waals surface area (Å²) in [6.07, 6.45) is -2.29. The minimum Gasteiger partial charge on any atom is -0.405 e. The van der Waals surface area contributed by atoms with Crippen LogP contribution in [0.1, 0.15) is 32.3 Å². The third-order valence-electron chi connectivity index (χ3n) is 5.48. The van der Waals surface area contributed by atoms with E-state index in [9.17, 15) is 18.0 Å². The standard InChI is InChI=1S/C21H30F3N3O3/c1-15-11-26(12-16(2)29-15)13-18-7-5-9-27(18)14-20(28)25-10-17-6-3-4-8-19(17)30-21(22,23)24/h3-4,6,8,15-16,18H,5,7,9-14H2,1-2H3,(H,25,28). The largest absolute Gasteiger partial charge is 0.573 e. The summed E-state index contributed by atoms with van der Waals surface area (Å²) in [6.45, 7) is 7.89. The molecular weight excluding hydrogens is 399 g/mol. The fraction of sp³-hybridized carbons (Fsp3) is 0.667. The van der Waals surface area contributed by atoms with Crippen molar-refractivity contribution in [2.45, 2.75) is 57.8 Å². The third kappa shape index (κ3) is 6.85. The van der Waals surface area contributed by atoms with Crippen molar-refractivity contribution < 1.29 is 27.4 Å². The minimum absolute atomic E-state index is 0.0118. The molecule has 168 valence electrons. The smallest absolute Gasteiger partial charge is 0.405 e. The summed E-state index contributed by atoms with van der Waals surface area (Å²) in [6, 6.07) is 6.14. The summed E-state index contributed by atoms with van der Waals surface area (Å²) in [5.74, 6) is -0.493. The maximum absolute atomic E-state index is 12.5. The third-order valence-corrected chi connectivity index (χ3v) is 5.48. The summed E-state index contributed by atoms with van der Waals surface area (Å²) in [5.41, 5.74) is 0.289. The predicted molar refractivity (Wildman–Crippen MR) is 106 cm³/mol. The number of rotatable bonds is 7. The van der Waals surface area contributed by atoms with Crippen LogP contribution in [0.2, 0.25) is 0 Å². The van der Waals surface area contributed by atoms with Gasteiger partial charge in [0, 0.05) is 37.8 Å². The first kappa shape index (κ1) is 22.8. The molecule has 0 radical (unpaired) electrons. The summed E-state index contributed by atoms with van der Waals surface area (Å²) in [4.78, 5) is 17.0. The summed E-state index contributed by atoms with van der Waals surface area (Å²) in [5, 5.41) is 2.73. The molecule has 2 aliphatic rings. The van der Waals surface area contributed by atoms with E-state index in [0.29, 0.717) is 6.04 Å². The molecule has 2 heterocycles. The Hall–Kier alpha value is -1.84. The van der Waals surface area contributed by atoms with Gasteiger partial charge < -0.3 is 14.8 Å². The number of hydrogen-bond donors (Lipinski definition) is 1. The number of para-hydroxylation sites is 1. The first-order chi connectivity index (χ1) is 14.2. The molecule has 3 unspecified atom stereocenters. The van der Waals surface area contributed by atoms with E-state index in [0.717, 1.165) is 39.0 Å². The molecule has 1 N–H and O–H groups in total. The maximum atomic E-state index is 12.5. The van der Waals surface area contributed by atoms with Crippen molar-refractivity contribution in [2.24, 2.45) is 0 Å². The predicted octanol–water partition coefficient (Wildman–Crippen LogP) is 2.78. The van der Waals surface area contributed by atoms with Gasteiger partial charge in [0.05, 0.1) is 18.8 Å². The van der Waals surface area contributed by atoms with E-state index in [1.165, 1.54) is 18.2 Å². The van der Waals surface area contributed by atoms with Crippen LogP contribution in [0.5, 0.6) is 5.75 Å². The molecule has 0 aromatic heterocycles. The van der Waals surface area contributed by atoms with Gasteiger partial charge in [-0.05, 0) is 39.3 Å². The van der Waals surface area contributed by atoms with Crippen LogP contribution in [0.4, 0.5) is 13.2 Å². The fourth-order valence-electron chi connectivity index (χ4n) is 4.35. The average Bonchev–Trinajstić information content (AvgIpc) is 3.05. The molecule has 0 bridgehead atoms. The SMILES string of the molecule is CC1CN(CC2CCCN2CC(=O)NCc2ccccc2OC(F)(F)F)CC(C)O1. The molecular formula is C21H30F3N3O3. The second-order valence-electron chi connectivity index (χ2n) is 8.17. The van der Waals surface area contributed by atoms with Crippen molar-refractivity contribution in [1.29, 1.82) is 0 Å². The molecule has 2 fully saturated rings. The number of likely N-dealkylation sites (tertiary alicyclic amines) is 1. The number of nitrogens with one attached hydrogen (secondary N) is 1. The van der Waals surface area contributed by atoms with Crippen molar-refractivity contribution in [3.63, 3.8) is 0 Å². The topological polar surface area (TPSA) is 54.0 Å². The van der Waals surface area contributed by atoms with Gasteiger partial charge in [0.25, 0.3) is 0 Å². The summed E-state index contributed by atoms with van der Waals surface area (Å²) < 4.78 is 47.5. The monoisotopic (exact) mass is 429 g/mol. The fourth-order valence-corrected chi connectivity index (χ4v) is 4.35. The molecule has 9 heteroatoms. The lowest BCUT2D eigenvalue weighted by Gasteiger charge is -2.38. The Morgan fingerprint density at radius 2 is 1.93 bits per heavy atom. The average molecular weight is 429 g/mol. The number of halogens is 3. The second kappa shape index (κ2) is 9.98. The zero-order chi connectivity index (χ0) is 21.7. The maximum Gasteiger partial charge on any atom is 0.573 e. The van der Waals surface area contributed by atoms with E-state index < -0.39 is 6.36 Å². The van der Waals surface area contributed by atoms with Gasteiger partial charge in [-0.1, -0.05) is 18.2 Å². The highest BCUT2D eigenvalue weighted by molar-refractivity contribution is 5.78. The van der Waals surface area contributed by atoms with Gasteiger partial charge in [0.2, 0.25) is 5.91 Å². The molecule has 0 spiro atoms. The van der Waals surface area contributed by atoms with Gasteiger partial charge in [0.15, 0.2) is 0 Å². The Kier molecular flexibility index (Phi) is 7.60. The van der Waals surface area contributed by atoms with Crippen LogP contribution in [0.25, 0.3) is 0 Å². The van der Waals surface area contributed by atoms with Gasteiger partial charge in [-0.3, -0.25) is 14.6 Å². The van der Waals surface area contributed by atoms with Crippen LogP contribution < -0.4 is 10.1 Å². The molecule has 1 aromatic carbocycles. The van der Waals surface area contributed by atoms with E-state index in [1.807, 2.05) is 0 Å². The lowest BCUT2D eigenvalue weighted by atomic mass is 10.1.